The number of nitrogens with zero attached hydrogens (tertiary/aromatic N) is 3. The van der Waals surface area contributed by atoms with Crippen LogP contribution in [0, 0.1) is 5.92 Å². The number of rotatable bonds is 6. The van der Waals surface area contributed by atoms with Gasteiger partial charge in [0, 0.05) is 32.6 Å². The Morgan fingerprint density at radius 3 is 2.00 bits per heavy atom. The first-order valence-corrected chi connectivity index (χ1v) is 8.95. The van der Waals surface area contributed by atoms with Gasteiger partial charge in [-0.05, 0) is 51.4 Å². The van der Waals surface area contributed by atoms with Gasteiger partial charge in [-0.3, -0.25) is 9.69 Å². The number of piperidine rings is 1. The predicted octanol–water partition coefficient (Wildman–Crippen LogP) is 2.05. The zero-order valence-corrected chi connectivity index (χ0v) is 14.0. The van der Waals surface area contributed by atoms with Crippen molar-refractivity contribution in [2.45, 2.75) is 46.0 Å². The second-order valence-electron chi connectivity index (χ2n) is 6.62. The third kappa shape index (κ3) is 5.26. The van der Waals surface area contributed by atoms with E-state index in [2.05, 4.69) is 16.7 Å². The minimum Gasteiger partial charge on any atom is -0.340 e. The summed E-state index contributed by atoms with van der Waals surface area (Å²) in [6.45, 7) is 13.3. The Labute approximate surface area is 130 Å². The molecule has 2 rings (SSSR count). The molecule has 122 valence electrons. The molecule has 2 aliphatic heterocycles. The smallest absolute Gasteiger partial charge is 0.222 e. The number of hydrogen-bond acceptors (Lipinski definition) is 3. The Morgan fingerprint density at radius 1 is 0.905 bits per heavy atom. The molecule has 2 saturated heterocycles. The molecule has 0 aromatic rings. The lowest BCUT2D eigenvalue weighted by Crippen LogP contribution is -2.49. The van der Waals surface area contributed by atoms with Crippen LogP contribution in [0.15, 0.2) is 0 Å². The first-order chi connectivity index (χ1) is 10.2. The zero-order chi connectivity index (χ0) is 15.1. The van der Waals surface area contributed by atoms with E-state index in [1.807, 2.05) is 11.8 Å². The first kappa shape index (κ1) is 16.8. The molecule has 0 N–H and O–H groups in total. The van der Waals surface area contributed by atoms with E-state index >= 15 is 0 Å². The summed E-state index contributed by atoms with van der Waals surface area (Å²) >= 11 is 0. The van der Waals surface area contributed by atoms with Gasteiger partial charge in [0.15, 0.2) is 0 Å². The third-order valence-electron chi connectivity index (χ3n) is 5.26. The van der Waals surface area contributed by atoms with Crippen LogP contribution in [0.25, 0.3) is 0 Å². The lowest BCUT2D eigenvalue weighted by atomic mass is 9.94. The Bertz CT molecular complexity index is 305. The van der Waals surface area contributed by atoms with E-state index in [1.165, 1.54) is 51.9 Å². The molecule has 4 nitrogen and oxygen atoms in total. The quantitative estimate of drug-likeness (QED) is 0.750. The molecule has 2 heterocycles. The molecular formula is C17H33N3O. The van der Waals surface area contributed by atoms with Crippen molar-refractivity contribution in [3.8, 4) is 0 Å². The number of carbonyl (C=O) groups is 1. The summed E-state index contributed by atoms with van der Waals surface area (Å²) in [4.78, 5) is 18.8. The zero-order valence-electron chi connectivity index (χ0n) is 14.0. The highest BCUT2D eigenvalue weighted by Crippen LogP contribution is 2.19. The van der Waals surface area contributed by atoms with Crippen molar-refractivity contribution in [1.29, 1.82) is 0 Å². The normalized spacial score (nSPS) is 22.7. The molecule has 2 fully saturated rings. The first-order valence-electron chi connectivity index (χ1n) is 8.95. The fraction of sp³-hybridized carbons (Fsp3) is 0.941. The van der Waals surface area contributed by atoms with Crippen LogP contribution in [0.4, 0.5) is 0 Å². The van der Waals surface area contributed by atoms with Crippen molar-refractivity contribution >= 4 is 5.91 Å². The summed E-state index contributed by atoms with van der Waals surface area (Å²) in [5.41, 5.74) is 0. The summed E-state index contributed by atoms with van der Waals surface area (Å²) in [6, 6.07) is 0. The fourth-order valence-electron chi connectivity index (χ4n) is 3.58. The molecule has 21 heavy (non-hydrogen) atoms. The summed E-state index contributed by atoms with van der Waals surface area (Å²) in [7, 11) is 0. The van der Waals surface area contributed by atoms with Gasteiger partial charge in [0.2, 0.25) is 5.91 Å². The summed E-state index contributed by atoms with van der Waals surface area (Å²) in [5.74, 6) is 1.29. The van der Waals surface area contributed by atoms with Crippen LogP contribution < -0.4 is 0 Å². The predicted molar refractivity (Wildman–Crippen MR) is 87.4 cm³/mol. The van der Waals surface area contributed by atoms with Crippen LogP contribution in [0.3, 0.4) is 0 Å². The van der Waals surface area contributed by atoms with E-state index in [-0.39, 0.29) is 0 Å². The van der Waals surface area contributed by atoms with Crippen molar-refractivity contribution < 1.29 is 4.79 Å². The van der Waals surface area contributed by atoms with Gasteiger partial charge in [0.25, 0.3) is 0 Å². The molecule has 4 heteroatoms. The van der Waals surface area contributed by atoms with Crippen LogP contribution >= 0.6 is 0 Å². The maximum Gasteiger partial charge on any atom is 0.222 e. The van der Waals surface area contributed by atoms with Gasteiger partial charge in [0.05, 0.1) is 0 Å². The molecule has 0 bridgehead atoms. The van der Waals surface area contributed by atoms with E-state index in [0.717, 1.165) is 32.1 Å². The van der Waals surface area contributed by atoms with Crippen LogP contribution in [-0.2, 0) is 4.79 Å². The Kier molecular flexibility index (Phi) is 6.97. The SMILES string of the molecule is CCC(=O)N1CCN(CCCN2CCC(CC)CC2)CC1. The van der Waals surface area contributed by atoms with Gasteiger partial charge in [-0.2, -0.15) is 0 Å². The van der Waals surface area contributed by atoms with Crippen LogP contribution in [0.1, 0.15) is 46.0 Å². The molecule has 0 saturated carbocycles. The van der Waals surface area contributed by atoms with Gasteiger partial charge in [-0.25, -0.2) is 0 Å². The highest BCUT2D eigenvalue weighted by Gasteiger charge is 2.20. The van der Waals surface area contributed by atoms with E-state index < -0.39 is 0 Å². The Hall–Kier alpha value is -0.610. The Morgan fingerprint density at radius 2 is 1.48 bits per heavy atom. The van der Waals surface area contributed by atoms with Crippen molar-refractivity contribution in [1.82, 2.24) is 14.7 Å². The monoisotopic (exact) mass is 295 g/mol. The number of amides is 1. The average Bonchev–Trinajstić information content (AvgIpc) is 2.55. The van der Waals surface area contributed by atoms with E-state index in [0.29, 0.717) is 12.3 Å². The van der Waals surface area contributed by atoms with E-state index in [1.54, 1.807) is 0 Å². The molecule has 2 aliphatic rings. The molecule has 0 aromatic carbocycles. The van der Waals surface area contributed by atoms with E-state index in [4.69, 9.17) is 0 Å². The second kappa shape index (κ2) is 8.74. The largest absolute Gasteiger partial charge is 0.340 e. The van der Waals surface area contributed by atoms with Gasteiger partial charge >= 0.3 is 0 Å². The van der Waals surface area contributed by atoms with Crippen molar-refractivity contribution in [2.75, 3.05) is 52.4 Å². The molecule has 0 atom stereocenters. The van der Waals surface area contributed by atoms with Crippen LogP contribution in [0.5, 0.6) is 0 Å². The molecule has 1 amide bonds. The van der Waals surface area contributed by atoms with Gasteiger partial charge in [-0.1, -0.05) is 20.3 Å². The molecule has 0 aromatic heterocycles. The second-order valence-corrected chi connectivity index (χ2v) is 6.62. The standard InChI is InChI=1S/C17H33N3O/c1-3-16-6-10-18(11-7-16)8-5-9-19-12-14-20(15-13-19)17(21)4-2/h16H,3-15H2,1-2H3. The van der Waals surface area contributed by atoms with Crippen molar-refractivity contribution in [3.05, 3.63) is 0 Å². The topological polar surface area (TPSA) is 26.8 Å². The minimum atomic E-state index is 0.313. The maximum atomic E-state index is 11.6. The van der Waals surface area contributed by atoms with Gasteiger partial charge < -0.3 is 9.80 Å². The number of hydrogen-bond donors (Lipinski definition) is 0. The minimum absolute atomic E-state index is 0.313. The highest BCUT2D eigenvalue weighted by atomic mass is 16.2. The van der Waals surface area contributed by atoms with Crippen LogP contribution in [0.2, 0.25) is 0 Å². The summed E-state index contributed by atoms with van der Waals surface area (Å²) in [6.07, 6.45) is 6.07. The highest BCUT2D eigenvalue weighted by molar-refractivity contribution is 5.75. The number of carbonyl (C=O) groups excluding carboxylic acids is 1. The van der Waals surface area contributed by atoms with Crippen molar-refractivity contribution in [3.63, 3.8) is 0 Å². The maximum absolute atomic E-state index is 11.6. The Balaban J connectivity index is 1.55. The summed E-state index contributed by atoms with van der Waals surface area (Å²) in [5, 5.41) is 0. The van der Waals surface area contributed by atoms with Gasteiger partial charge in [0.1, 0.15) is 0 Å². The average molecular weight is 295 g/mol. The van der Waals surface area contributed by atoms with Crippen LogP contribution in [-0.4, -0.2) is 73.0 Å². The molecule has 0 spiro atoms. The fourth-order valence-corrected chi connectivity index (χ4v) is 3.58. The molecule has 0 unspecified atom stereocenters. The van der Waals surface area contributed by atoms with Gasteiger partial charge in [-0.15, -0.1) is 0 Å². The van der Waals surface area contributed by atoms with E-state index in [9.17, 15) is 4.79 Å². The number of likely N-dealkylation sites (tertiary alicyclic amines) is 1. The third-order valence-corrected chi connectivity index (χ3v) is 5.26. The lowest BCUT2D eigenvalue weighted by molar-refractivity contribution is -0.132. The number of piperazine rings is 1. The molecular weight excluding hydrogens is 262 g/mol. The molecule has 0 radical (unpaired) electrons. The van der Waals surface area contributed by atoms with Crippen molar-refractivity contribution in [2.24, 2.45) is 5.92 Å². The molecule has 0 aliphatic carbocycles. The summed E-state index contributed by atoms with van der Waals surface area (Å²) < 4.78 is 0. The lowest BCUT2D eigenvalue weighted by Gasteiger charge is -2.35.